The van der Waals surface area contributed by atoms with Gasteiger partial charge in [-0.05, 0) is 29.7 Å². The van der Waals surface area contributed by atoms with Gasteiger partial charge in [-0.15, -0.1) is 0 Å². The van der Waals surface area contributed by atoms with Crippen LogP contribution in [0.15, 0.2) is 109 Å². The minimum atomic E-state index is -4.96. The second-order valence-electron chi connectivity index (χ2n) is 11.0. The highest BCUT2D eigenvalue weighted by Gasteiger charge is 2.38. The third-order valence-electron chi connectivity index (χ3n) is 7.65. The Balaban J connectivity index is 1.65. The molecule has 45 heavy (non-hydrogen) atoms. The summed E-state index contributed by atoms with van der Waals surface area (Å²) in [5.74, 6) is 0.753. The van der Waals surface area contributed by atoms with Gasteiger partial charge in [0.1, 0.15) is 5.82 Å². The molecule has 5 aromatic rings. The van der Waals surface area contributed by atoms with Crippen LogP contribution in [0.2, 0.25) is 0 Å². The highest BCUT2D eigenvalue weighted by Crippen LogP contribution is 2.38. The number of aromatic nitrogens is 2. The van der Waals surface area contributed by atoms with E-state index in [1.54, 1.807) is 0 Å². The Hall–Kier alpha value is -4.37. The molecule has 0 N–H and O–H groups in total. The fraction of sp³-hybridized carbons (Fsp3) is 0.250. The Kier molecular flexibility index (Phi) is 9.77. The van der Waals surface area contributed by atoms with Gasteiger partial charge in [0.05, 0.1) is 22.5 Å². The van der Waals surface area contributed by atoms with Gasteiger partial charge in [-0.1, -0.05) is 110 Å². The Morgan fingerprint density at radius 3 is 1.84 bits per heavy atom. The molecule has 5 rings (SSSR count). The number of rotatable bonds is 11. The van der Waals surface area contributed by atoms with E-state index in [0.717, 1.165) is 53.2 Å². The summed E-state index contributed by atoms with van der Waals surface area (Å²) >= 11 is 0. The predicted octanol–water partition coefficient (Wildman–Crippen LogP) is 10.3. The van der Waals surface area contributed by atoms with E-state index in [1.165, 1.54) is 0 Å². The molecule has 0 unspecified atom stereocenters. The van der Waals surface area contributed by atoms with E-state index in [4.69, 9.17) is 4.98 Å². The fourth-order valence-electron chi connectivity index (χ4n) is 5.46. The molecule has 0 saturated carbocycles. The fourth-order valence-corrected chi connectivity index (χ4v) is 5.46. The first-order chi connectivity index (χ1) is 21.5. The third kappa shape index (κ3) is 7.84. The first-order valence-electron chi connectivity index (χ1n) is 14.8. The molecular formula is C36H33F6N3. The van der Waals surface area contributed by atoms with Crippen molar-refractivity contribution in [2.24, 2.45) is 0 Å². The lowest BCUT2D eigenvalue weighted by atomic mass is 10.0. The second kappa shape index (κ2) is 13.7. The number of imidazole rings is 1. The number of halogens is 6. The van der Waals surface area contributed by atoms with Crippen LogP contribution < -0.4 is 0 Å². The van der Waals surface area contributed by atoms with Gasteiger partial charge >= 0.3 is 12.4 Å². The molecule has 0 aliphatic heterocycles. The molecule has 0 atom stereocenters. The highest BCUT2D eigenvalue weighted by molar-refractivity contribution is 5.68. The Morgan fingerprint density at radius 1 is 0.667 bits per heavy atom. The number of nitrogens with zero attached hydrogens (tertiary/aromatic N) is 3. The van der Waals surface area contributed by atoms with Gasteiger partial charge in [0.25, 0.3) is 0 Å². The topological polar surface area (TPSA) is 21.1 Å². The average molecular weight is 622 g/mol. The summed E-state index contributed by atoms with van der Waals surface area (Å²) in [5, 5.41) is 0. The quantitative estimate of drug-likeness (QED) is 0.137. The van der Waals surface area contributed by atoms with Gasteiger partial charge in [0.2, 0.25) is 0 Å². The van der Waals surface area contributed by atoms with Gasteiger partial charge in [-0.2, -0.15) is 26.3 Å². The molecule has 0 radical (unpaired) electrons. The number of hydrogen-bond acceptors (Lipinski definition) is 2. The molecule has 0 fully saturated rings. The van der Waals surface area contributed by atoms with Crippen molar-refractivity contribution in [1.29, 1.82) is 0 Å². The van der Waals surface area contributed by atoms with E-state index in [-0.39, 0.29) is 31.3 Å². The van der Waals surface area contributed by atoms with E-state index in [2.05, 4.69) is 11.5 Å². The molecule has 0 spiro atoms. The van der Waals surface area contributed by atoms with Crippen LogP contribution in [-0.4, -0.2) is 14.5 Å². The zero-order valence-electron chi connectivity index (χ0n) is 24.7. The van der Waals surface area contributed by atoms with Crippen molar-refractivity contribution in [2.75, 3.05) is 0 Å². The molecule has 0 saturated heterocycles. The van der Waals surface area contributed by atoms with Crippen molar-refractivity contribution in [3.05, 3.63) is 137 Å². The smallest absolute Gasteiger partial charge is 0.326 e. The Bertz CT molecular complexity index is 1680. The van der Waals surface area contributed by atoms with E-state index in [0.29, 0.717) is 12.2 Å². The van der Waals surface area contributed by atoms with Crippen molar-refractivity contribution in [3.63, 3.8) is 0 Å². The van der Waals surface area contributed by atoms with Crippen LogP contribution >= 0.6 is 0 Å². The predicted molar refractivity (Wildman–Crippen MR) is 164 cm³/mol. The minimum absolute atomic E-state index is 0.209. The van der Waals surface area contributed by atoms with Crippen LogP contribution in [0, 0.1) is 0 Å². The first kappa shape index (κ1) is 32.0. The van der Waals surface area contributed by atoms with E-state index >= 15 is 0 Å². The standard InChI is InChI=1S/C36H33F6N3/c1-2-3-21-45-32(33(27-15-9-5-10-16-27)43-34(45)28-17-11-6-12-18-28)25-44(23-26-13-7-4-8-14-26)24-29-19-20-30(35(37,38)39)22-31(29)36(40,41)42/h4-20,22H,2-3,21,23-25H2,1H3. The van der Waals surface area contributed by atoms with E-state index in [9.17, 15) is 26.3 Å². The summed E-state index contributed by atoms with van der Waals surface area (Å²) in [4.78, 5) is 6.94. The van der Waals surface area contributed by atoms with Crippen LogP contribution in [0.25, 0.3) is 22.6 Å². The van der Waals surface area contributed by atoms with Gasteiger partial charge < -0.3 is 4.57 Å². The maximum Gasteiger partial charge on any atom is 0.416 e. The minimum Gasteiger partial charge on any atom is -0.326 e. The third-order valence-corrected chi connectivity index (χ3v) is 7.65. The Morgan fingerprint density at radius 2 is 1.27 bits per heavy atom. The molecule has 1 heterocycles. The van der Waals surface area contributed by atoms with Crippen molar-refractivity contribution < 1.29 is 26.3 Å². The van der Waals surface area contributed by atoms with Crippen LogP contribution in [0.4, 0.5) is 26.3 Å². The van der Waals surface area contributed by atoms with Crippen molar-refractivity contribution in [3.8, 4) is 22.6 Å². The van der Waals surface area contributed by atoms with Crippen LogP contribution in [0.3, 0.4) is 0 Å². The number of unbranched alkanes of at least 4 members (excludes halogenated alkanes) is 1. The summed E-state index contributed by atoms with van der Waals surface area (Å²) in [5.41, 5.74) is 1.33. The largest absolute Gasteiger partial charge is 0.416 e. The van der Waals surface area contributed by atoms with E-state index in [1.807, 2.05) is 95.9 Å². The average Bonchev–Trinajstić information content (AvgIpc) is 3.38. The van der Waals surface area contributed by atoms with Gasteiger partial charge in [0, 0.05) is 37.3 Å². The number of benzene rings is 4. The lowest BCUT2D eigenvalue weighted by Gasteiger charge is -2.26. The number of hydrogen-bond donors (Lipinski definition) is 0. The maximum absolute atomic E-state index is 14.2. The molecule has 234 valence electrons. The molecule has 0 amide bonds. The first-order valence-corrected chi connectivity index (χ1v) is 14.8. The molecule has 0 bridgehead atoms. The van der Waals surface area contributed by atoms with Crippen LogP contribution in [0.1, 0.15) is 47.7 Å². The zero-order valence-corrected chi connectivity index (χ0v) is 24.7. The normalized spacial score (nSPS) is 12.2. The van der Waals surface area contributed by atoms with Crippen LogP contribution in [0.5, 0.6) is 0 Å². The SMILES string of the molecule is CCCCn1c(-c2ccccc2)nc(-c2ccccc2)c1CN(Cc1ccccc1)Cc1ccc(C(F)(F)F)cc1C(F)(F)F. The van der Waals surface area contributed by atoms with E-state index < -0.39 is 23.5 Å². The summed E-state index contributed by atoms with van der Waals surface area (Å²) in [7, 11) is 0. The van der Waals surface area contributed by atoms with Crippen LogP contribution in [-0.2, 0) is 38.5 Å². The van der Waals surface area contributed by atoms with Gasteiger partial charge in [-0.25, -0.2) is 4.98 Å². The summed E-state index contributed by atoms with van der Waals surface area (Å²) in [6, 6.07) is 30.5. The number of alkyl halides is 6. The molecule has 0 aliphatic carbocycles. The molecule has 0 aliphatic rings. The lowest BCUT2D eigenvalue weighted by Crippen LogP contribution is -2.26. The molecule has 3 nitrogen and oxygen atoms in total. The monoisotopic (exact) mass is 621 g/mol. The summed E-state index contributed by atoms with van der Waals surface area (Å²) in [6.07, 6.45) is -8.09. The van der Waals surface area contributed by atoms with Gasteiger partial charge in [-0.3, -0.25) is 4.90 Å². The maximum atomic E-state index is 14.2. The van der Waals surface area contributed by atoms with Gasteiger partial charge in [0.15, 0.2) is 0 Å². The zero-order chi connectivity index (χ0) is 32.0. The lowest BCUT2D eigenvalue weighted by molar-refractivity contribution is -0.143. The molecule has 9 heteroatoms. The second-order valence-corrected chi connectivity index (χ2v) is 11.0. The van der Waals surface area contributed by atoms with Crippen molar-refractivity contribution in [2.45, 2.75) is 58.3 Å². The van der Waals surface area contributed by atoms with Crippen molar-refractivity contribution >= 4 is 0 Å². The Labute approximate surface area is 258 Å². The molecule has 1 aromatic heterocycles. The molecular weight excluding hydrogens is 588 g/mol. The van der Waals surface area contributed by atoms with Crippen molar-refractivity contribution in [1.82, 2.24) is 14.5 Å². The molecule has 4 aromatic carbocycles. The summed E-state index contributed by atoms with van der Waals surface area (Å²) < 4.78 is 85.0. The summed E-state index contributed by atoms with van der Waals surface area (Å²) in [6.45, 7) is 2.98. The highest BCUT2D eigenvalue weighted by atomic mass is 19.4.